The van der Waals surface area contributed by atoms with Crippen molar-refractivity contribution in [1.29, 1.82) is 0 Å². The zero-order valence-corrected chi connectivity index (χ0v) is 18.5. The van der Waals surface area contributed by atoms with Crippen LogP contribution in [0.5, 0.6) is 0 Å². The first kappa shape index (κ1) is 20.2. The van der Waals surface area contributed by atoms with Crippen molar-refractivity contribution >= 4 is 34.0 Å². The van der Waals surface area contributed by atoms with Crippen molar-refractivity contribution in [2.45, 2.75) is 38.1 Å². The summed E-state index contributed by atoms with van der Waals surface area (Å²) >= 11 is 0. The van der Waals surface area contributed by atoms with Gasteiger partial charge in [-0.25, -0.2) is 9.50 Å². The van der Waals surface area contributed by atoms with Gasteiger partial charge >= 0.3 is 0 Å². The van der Waals surface area contributed by atoms with Crippen molar-refractivity contribution in [2.75, 3.05) is 36.5 Å². The molecule has 1 saturated carbocycles. The maximum atomic E-state index is 13.1. The third-order valence-electron chi connectivity index (χ3n) is 6.66. The number of nitrogens with zero attached hydrogens (tertiary/aromatic N) is 6. The SMILES string of the molecule is O=C(Nc1ccc2nn(C3CCCCC3)cc2c1)c1cnn2ccc(N3CCOCC3)nc12. The Morgan fingerprint density at radius 3 is 2.79 bits per heavy atom. The summed E-state index contributed by atoms with van der Waals surface area (Å²) in [6, 6.07) is 8.25. The first-order chi connectivity index (χ1) is 16.2. The average Bonchev–Trinajstić information content (AvgIpc) is 3.49. The minimum absolute atomic E-state index is 0.226. The number of fused-ring (bicyclic) bond motifs is 2. The summed E-state index contributed by atoms with van der Waals surface area (Å²) in [6.45, 7) is 2.93. The summed E-state index contributed by atoms with van der Waals surface area (Å²) in [7, 11) is 0. The third kappa shape index (κ3) is 3.93. The fourth-order valence-electron chi connectivity index (χ4n) is 4.84. The van der Waals surface area contributed by atoms with E-state index in [2.05, 4.69) is 26.2 Å². The molecule has 0 radical (unpaired) electrons. The van der Waals surface area contributed by atoms with E-state index in [0.717, 1.165) is 35.5 Å². The summed E-state index contributed by atoms with van der Waals surface area (Å²) in [5.74, 6) is 0.604. The lowest BCUT2D eigenvalue weighted by atomic mass is 9.96. The smallest absolute Gasteiger partial charge is 0.261 e. The zero-order chi connectivity index (χ0) is 22.2. The molecule has 1 aromatic carbocycles. The number of aromatic nitrogens is 5. The molecule has 1 saturated heterocycles. The predicted octanol–water partition coefficient (Wildman–Crippen LogP) is 3.67. The van der Waals surface area contributed by atoms with Crippen molar-refractivity contribution < 1.29 is 9.53 Å². The number of benzene rings is 1. The lowest BCUT2D eigenvalue weighted by Crippen LogP contribution is -2.36. The predicted molar refractivity (Wildman–Crippen MR) is 126 cm³/mol. The van der Waals surface area contributed by atoms with Crippen LogP contribution in [-0.2, 0) is 4.74 Å². The highest BCUT2D eigenvalue weighted by atomic mass is 16.5. The largest absolute Gasteiger partial charge is 0.378 e. The van der Waals surface area contributed by atoms with Gasteiger partial charge in [-0.05, 0) is 37.1 Å². The highest BCUT2D eigenvalue weighted by Crippen LogP contribution is 2.29. The van der Waals surface area contributed by atoms with Gasteiger partial charge in [-0.1, -0.05) is 19.3 Å². The summed E-state index contributed by atoms with van der Waals surface area (Å²) in [5, 5.41) is 13.1. The highest BCUT2D eigenvalue weighted by Gasteiger charge is 2.19. The Morgan fingerprint density at radius 1 is 1.09 bits per heavy atom. The molecule has 0 spiro atoms. The maximum Gasteiger partial charge on any atom is 0.261 e. The minimum atomic E-state index is -0.226. The molecule has 4 heterocycles. The van der Waals surface area contributed by atoms with Gasteiger partial charge in [-0.2, -0.15) is 10.2 Å². The van der Waals surface area contributed by atoms with Crippen molar-refractivity contribution in [3.05, 3.63) is 48.4 Å². The molecule has 2 aliphatic rings. The Morgan fingerprint density at radius 2 is 1.94 bits per heavy atom. The Kier molecular flexibility index (Phi) is 5.18. The van der Waals surface area contributed by atoms with Crippen LogP contribution in [0.4, 0.5) is 11.5 Å². The van der Waals surface area contributed by atoms with Gasteiger partial charge in [-0.15, -0.1) is 0 Å². The Labute approximate surface area is 191 Å². The molecular formula is C24H27N7O2. The van der Waals surface area contributed by atoms with Crippen LogP contribution < -0.4 is 10.2 Å². The Bertz CT molecular complexity index is 1300. The van der Waals surface area contributed by atoms with Crippen LogP contribution in [0.2, 0.25) is 0 Å². The van der Waals surface area contributed by atoms with Gasteiger partial charge < -0.3 is 15.0 Å². The van der Waals surface area contributed by atoms with Gasteiger partial charge in [0.2, 0.25) is 0 Å². The molecule has 1 amide bonds. The van der Waals surface area contributed by atoms with Crippen LogP contribution in [0.3, 0.4) is 0 Å². The average molecular weight is 446 g/mol. The van der Waals surface area contributed by atoms with Crippen LogP contribution in [-0.4, -0.2) is 56.6 Å². The molecule has 4 aromatic rings. The van der Waals surface area contributed by atoms with E-state index < -0.39 is 0 Å². The monoisotopic (exact) mass is 445 g/mol. The second-order valence-electron chi connectivity index (χ2n) is 8.84. The highest BCUT2D eigenvalue weighted by molar-refractivity contribution is 6.08. The van der Waals surface area contributed by atoms with Crippen molar-refractivity contribution in [3.63, 3.8) is 0 Å². The third-order valence-corrected chi connectivity index (χ3v) is 6.66. The normalized spacial score (nSPS) is 17.6. The number of rotatable bonds is 4. The molecule has 0 atom stereocenters. The van der Waals surface area contributed by atoms with Gasteiger partial charge in [0.1, 0.15) is 11.4 Å². The molecule has 33 heavy (non-hydrogen) atoms. The van der Waals surface area contributed by atoms with Crippen molar-refractivity contribution in [3.8, 4) is 0 Å². The zero-order valence-electron chi connectivity index (χ0n) is 18.5. The maximum absolute atomic E-state index is 13.1. The minimum Gasteiger partial charge on any atom is -0.378 e. The van der Waals surface area contributed by atoms with E-state index in [0.29, 0.717) is 30.5 Å². The van der Waals surface area contributed by atoms with E-state index in [9.17, 15) is 4.79 Å². The van der Waals surface area contributed by atoms with Crippen molar-refractivity contribution in [1.82, 2.24) is 24.4 Å². The van der Waals surface area contributed by atoms with Gasteiger partial charge in [-0.3, -0.25) is 9.48 Å². The molecule has 6 rings (SSSR count). The molecule has 1 aliphatic carbocycles. The summed E-state index contributed by atoms with van der Waals surface area (Å²) < 4.78 is 9.18. The first-order valence-electron chi connectivity index (χ1n) is 11.7. The standard InChI is InChI=1S/C24H27N7O2/c32-24(20-15-25-30-9-8-22(27-23(20)30)29-10-12-33-13-11-29)26-18-6-7-21-17(14-18)16-31(28-21)19-4-2-1-3-5-19/h6-9,14-16,19H,1-5,10-13H2,(H,26,32). The van der Waals surface area contributed by atoms with E-state index in [1.807, 2.05) is 30.5 Å². The fraction of sp³-hybridized carbons (Fsp3) is 0.417. The molecule has 0 bridgehead atoms. The summed E-state index contributed by atoms with van der Waals surface area (Å²) in [5.41, 5.74) is 2.68. The summed E-state index contributed by atoms with van der Waals surface area (Å²) in [4.78, 5) is 20.0. The number of hydrogen-bond donors (Lipinski definition) is 1. The van der Waals surface area contributed by atoms with E-state index in [1.54, 1.807) is 10.7 Å². The number of carbonyl (C=O) groups excluding carboxylic acids is 1. The number of carbonyl (C=O) groups is 1. The molecule has 9 nitrogen and oxygen atoms in total. The molecule has 3 aromatic heterocycles. The van der Waals surface area contributed by atoms with E-state index in [1.165, 1.54) is 32.1 Å². The number of nitrogens with one attached hydrogen (secondary N) is 1. The number of hydrogen-bond acceptors (Lipinski definition) is 6. The second-order valence-corrected chi connectivity index (χ2v) is 8.84. The molecular weight excluding hydrogens is 418 g/mol. The van der Waals surface area contributed by atoms with Crippen LogP contribution in [0.1, 0.15) is 48.5 Å². The quantitative estimate of drug-likeness (QED) is 0.516. The van der Waals surface area contributed by atoms with Crippen LogP contribution in [0.25, 0.3) is 16.6 Å². The Hall–Kier alpha value is -3.46. The van der Waals surface area contributed by atoms with E-state index in [-0.39, 0.29) is 5.91 Å². The lowest BCUT2D eigenvalue weighted by Gasteiger charge is -2.27. The lowest BCUT2D eigenvalue weighted by molar-refractivity contribution is 0.102. The number of anilines is 2. The van der Waals surface area contributed by atoms with Crippen LogP contribution in [0.15, 0.2) is 42.9 Å². The molecule has 9 heteroatoms. The fourth-order valence-corrected chi connectivity index (χ4v) is 4.84. The number of amides is 1. The van der Waals surface area contributed by atoms with Crippen molar-refractivity contribution in [2.24, 2.45) is 0 Å². The van der Waals surface area contributed by atoms with E-state index in [4.69, 9.17) is 14.8 Å². The van der Waals surface area contributed by atoms with Gasteiger partial charge in [0, 0.05) is 36.6 Å². The van der Waals surface area contributed by atoms with Crippen LogP contribution >= 0.6 is 0 Å². The number of morpholine rings is 1. The molecule has 2 fully saturated rings. The molecule has 1 N–H and O–H groups in total. The molecule has 170 valence electrons. The van der Waals surface area contributed by atoms with Gasteiger partial charge in [0.25, 0.3) is 5.91 Å². The molecule has 1 aliphatic heterocycles. The Balaban J connectivity index is 1.24. The van der Waals surface area contributed by atoms with Gasteiger partial charge in [0.15, 0.2) is 5.65 Å². The first-order valence-corrected chi connectivity index (χ1v) is 11.7. The van der Waals surface area contributed by atoms with Crippen LogP contribution in [0, 0.1) is 0 Å². The van der Waals surface area contributed by atoms with Gasteiger partial charge in [0.05, 0.1) is 31.0 Å². The summed E-state index contributed by atoms with van der Waals surface area (Å²) in [6.07, 6.45) is 11.7. The topological polar surface area (TPSA) is 89.6 Å². The number of ether oxygens (including phenoxy) is 1. The van der Waals surface area contributed by atoms with E-state index >= 15 is 0 Å². The molecule has 0 unspecified atom stereocenters. The second kappa shape index (κ2) is 8.47.